The van der Waals surface area contributed by atoms with Gasteiger partial charge in [0.15, 0.2) is 24.5 Å². The molecule has 3 rings (SSSR count). The first-order valence-corrected chi connectivity index (χ1v) is 21.6. The van der Waals surface area contributed by atoms with Crippen molar-refractivity contribution < 1.29 is 81.6 Å². The Balaban J connectivity index is 2.27. The molecule has 3 aliphatic heterocycles. The molecule has 0 aromatic carbocycles. The first kappa shape index (κ1) is 52.6. The summed E-state index contributed by atoms with van der Waals surface area (Å²) in [4.78, 5) is 66.1. The fraction of sp³-hybridized carbons (Fsp3) is 0.886. The fourth-order valence-electron chi connectivity index (χ4n) is 9.56. The van der Waals surface area contributed by atoms with E-state index in [1.165, 1.54) is 41.9 Å². The quantitative estimate of drug-likeness (QED) is 0.221. The van der Waals surface area contributed by atoms with Crippen LogP contribution in [0.4, 0.5) is 0 Å². The average Bonchev–Trinajstić information content (AvgIpc) is 3.16. The number of ether oxygens (including phenoxy) is 10. The van der Waals surface area contributed by atoms with Crippen LogP contribution in [0.25, 0.3) is 0 Å². The largest absolute Gasteiger partial charge is 0.462 e. The Hall–Kier alpha value is -2.77. The summed E-state index contributed by atoms with van der Waals surface area (Å²) < 4.78 is 60.9. The zero-order valence-electron chi connectivity index (χ0n) is 39.0. The molecule has 0 bridgehead atoms. The van der Waals surface area contributed by atoms with Crippen molar-refractivity contribution in [3.05, 3.63) is 0 Å². The van der Waals surface area contributed by atoms with E-state index < -0.39 is 144 Å². The summed E-state index contributed by atoms with van der Waals surface area (Å²) >= 11 is 0. The van der Waals surface area contributed by atoms with Gasteiger partial charge in [0.25, 0.3) is 0 Å². The number of methoxy groups -OCH3 is 2. The lowest BCUT2D eigenvalue weighted by molar-refractivity contribution is -0.313. The van der Waals surface area contributed by atoms with E-state index in [4.69, 9.17) is 47.4 Å². The molecule has 3 fully saturated rings. The highest BCUT2D eigenvalue weighted by atomic mass is 16.7. The monoisotopic (exact) mass is 874 g/mol. The highest BCUT2D eigenvalue weighted by Crippen LogP contribution is 2.41. The van der Waals surface area contributed by atoms with E-state index in [9.17, 15) is 34.2 Å². The van der Waals surface area contributed by atoms with Gasteiger partial charge in [-0.3, -0.25) is 24.0 Å². The maximum atomic E-state index is 14.8. The number of carbonyl (C=O) groups excluding carboxylic acids is 5. The normalized spacial score (nSPS) is 42.9. The standard InChI is InChI=1S/C44H74O17/c1-20-18-43(13,51)39(49)25(6)37(57-30(11)46)24(5)36(22(3)27(8)55-29(10)45)60-41(50)26(7)38(23(4)35(20)61-42-34(48)32(52-15)17-21(2)54-42)59-33-19-44(14,53-16)40(28(9)56-33)58-31(12)47/h20-28,32-38,40,42,48,51H,17-19H2,1-16H3. The lowest BCUT2D eigenvalue weighted by Crippen LogP contribution is -2.59. The number of Topliss-reactive ketones (excluding diaryl/α,β-unsaturated/α-hetero) is 1. The van der Waals surface area contributed by atoms with Gasteiger partial charge in [-0.25, -0.2) is 0 Å². The predicted molar refractivity (Wildman–Crippen MR) is 217 cm³/mol. The molecule has 0 aromatic heterocycles. The number of cyclic esters (lactones) is 1. The SMILES string of the molecule is COC1CC(C)OC(OC2C(C)CC(C)(O)C(=O)C(C)C(OC(C)=O)C(C)C(C(C)C(C)OC(C)=O)OC(=O)C(C)C(OC3CC(C)(OC)C(OC(C)=O)C(C)O3)C2C)C1O. The first-order chi connectivity index (χ1) is 28.2. The fourth-order valence-corrected chi connectivity index (χ4v) is 9.56. The van der Waals surface area contributed by atoms with Crippen molar-refractivity contribution in [2.24, 2.45) is 35.5 Å². The van der Waals surface area contributed by atoms with Crippen molar-refractivity contribution in [1.82, 2.24) is 0 Å². The third kappa shape index (κ3) is 12.9. The summed E-state index contributed by atoms with van der Waals surface area (Å²) in [6.45, 7) is 22.2. The summed E-state index contributed by atoms with van der Waals surface area (Å²) in [6, 6.07) is 0. The smallest absolute Gasteiger partial charge is 0.311 e. The van der Waals surface area contributed by atoms with Gasteiger partial charge in [-0.2, -0.15) is 0 Å². The molecular weight excluding hydrogens is 800 g/mol. The number of rotatable bonds is 11. The van der Waals surface area contributed by atoms with Crippen LogP contribution in [-0.2, 0) is 71.3 Å². The molecule has 3 aliphatic rings. The van der Waals surface area contributed by atoms with Crippen LogP contribution in [-0.4, -0.2) is 139 Å². The van der Waals surface area contributed by atoms with Crippen LogP contribution < -0.4 is 0 Å². The third-order valence-electron chi connectivity index (χ3n) is 13.0. The molecule has 0 aromatic rings. The highest BCUT2D eigenvalue weighted by molar-refractivity contribution is 5.89. The van der Waals surface area contributed by atoms with Crippen molar-refractivity contribution in [3.63, 3.8) is 0 Å². The van der Waals surface area contributed by atoms with Crippen LogP contribution in [0.5, 0.6) is 0 Å². The average molecular weight is 875 g/mol. The number of aliphatic hydroxyl groups excluding tert-OH is 1. The zero-order valence-corrected chi connectivity index (χ0v) is 39.0. The Morgan fingerprint density at radius 2 is 1.39 bits per heavy atom. The molecule has 0 saturated carbocycles. The molecular formula is C44H74O17. The van der Waals surface area contributed by atoms with Gasteiger partial charge in [-0.05, 0) is 53.9 Å². The molecule has 3 saturated heterocycles. The number of carbonyl (C=O) groups is 5. The van der Waals surface area contributed by atoms with Crippen LogP contribution >= 0.6 is 0 Å². The second-order valence-corrected chi connectivity index (χ2v) is 18.3. The third-order valence-corrected chi connectivity index (χ3v) is 13.0. The van der Waals surface area contributed by atoms with Crippen LogP contribution in [0, 0.1) is 35.5 Å². The molecule has 352 valence electrons. The lowest BCUT2D eigenvalue weighted by Gasteiger charge is -2.48. The van der Waals surface area contributed by atoms with Gasteiger partial charge >= 0.3 is 23.9 Å². The molecule has 0 aliphatic carbocycles. The molecule has 61 heavy (non-hydrogen) atoms. The van der Waals surface area contributed by atoms with Crippen LogP contribution in [0.3, 0.4) is 0 Å². The van der Waals surface area contributed by atoms with Gasteiger partial charge < -0.3 is 57.6 Å². The maximum absolute atomic E-state index is 14.8. The van der Waals surface area contributed by atoms with Gasteiger partial charge in [0.1, 0.15) is 35.6 Å². The Morgan fingerprint density at radius 1 is 0.787 bits per heavy atom. The number of hydrogen-bond donors (Lipinski definition) is 2. The van der Waals surface area contributed by atoms with Gasteiger partial charge in [0, 0.05) is 65.6 Å². The molecule has 17 nitrogen and oxygen atoms in total. The lowest BCUT2D eigenvalue weighted by atomic mass is 9.74. The Kier molecular flexibility index (Phi) is 18.7. The van der Waals surface area contributed by atoms with E-state index in [1.807, 2.05) is 6.92 Å². The molecule has 0 amide bonds. The van der Waals surface area contributed by atoms with Gasteiger partial charge in [0.2, 0.25) is 0 Å². The maximum Gasteiger partial charge on any atom is 0.311 e. The number of aliphatic hydroxyl groups is 2. The molecule has 17 heteroatoms. The summed E-state index contributed by atoms with van der Waals surface area (Å²) in [7, 11) is 2.97. The van der Waals surface area contributed by atoms with Crippen molar-refractivity contribution in [3.8, 4) is 0 Å². The van der Waals surface area contributed by atoms with Gasteiger partial charge in [-0.15, -0.1) is 0 Å². The summed E-state index contributed by atoms with van der Waals surface area (Å²) in [5, 5.41) is 23.5. The van der Waals surface area contributed by atoms with E-state index >= 15 is 0 Å². The van der Waals surface area contributed by atoms with E-state index in [0.717, 1.165) is 0 Å². The van der Waals surface area contributed by atoms with Gasteiger partial charge in [-0.1, -0.05) is 34.6 Å². The molecule has 3 heterocycles. The minimum absolute atomic E-state index is 0.0666. The van der Waals surface area contributed by atoms with E-state index in [0.29, 0.717) is 6.42 Å². The Labute approximate surface area is 361 Å². The van der Waals surface area contributed by atoms with Gasteiger partial charge in [0.05, 0.1) is 42.4 Å². The minimum Gasteiger partial charge on any atom is -0.462 e. The Bertz CT molecular complexity index is 1500. The molecule has 20 unspecified atom stereocenters. The molecule has 2 N–H and O–H groups in total. The molecule has 0 spiro atoms. The van der Waals surface area contributed by atoms with Crippen LogP contribution in [0.1, 0.15) is 116 Å². The molecule has 0 radical (unpaired) electrons. The molecule has 20 atom stereocenters. The highest BCUT2D eigenvalue weighted by Gasteiger charge is 2.53. The Morgan fingerprint density at radius 3 is 1.93 bits per heavy atom. The zero-order chi connectivity index (χ0) is 46.5. The number of hydrogen-bond acceptors (Lipinski definition) is 17. The predicted octanol–water partition coefficient (Wildman–Crippen LogP) is 4.07. The topological polar surface area (TPSA) is 218 Å². The second-order valence-electron chi connectivity index (χ2n) is 18.3. The van der Waals surface area contributed by atoms with Crippen LogP contribution in [0.15, 0.2) is 0 Å². The van der Waals surface area contributed by atoms with Crippen molar-refractivity contribution in [1.29, 1.82) is 0 Å². The second kappa shape index (κ2) is 21.7. The number of ketones is 1. The van der Waals surface area contributed by atoms with Crippen LogP contribution in [0.2, 0.25) is 0 Å². The van der Waals surface area contributed by atoms with E-state index in [2.05, 4.69) is 0 Å². The summed E-state index contributed by atoms with van der Waals surface area (Å²) in [5.41, 5.74) is -3.10. The summed E-state index contributed by atoms with van der Waals surface area (Å²) in [6.07, 6.45) is -10.9. The van der Waals surface area contributed by atoms with E-state index in [-0.39, 0.29) is 18.9 Å². The van der Waals surface area contributed by atoms with Crippen molar-refractivity contribution in [2.45, 2.75) is 201 Å². The van der Waals surface area contributed by atoms with E-state index in [1.54, 1.807) is 62.3 Å². The van der Waals surface area contributed by atoms with Crippen molar-refractivity contribution in [2.75, 3.05) is 14.2 Å². The van der Waals surface area contributed by atoms with Crippen molar-refractivity contribution >= 4 is 29.7 Å². The number of esters is 4. The minimum atomic E-state index is -2.02. The first-order valence-electron chi connectivity index (χ1n) is 21.6. The summed E-state index contributed by atoms with van der Waals surface area (Å²) in [5.74, 6) is -8.36.